The molecule has 120 valence electrons. The maximum absolute atomic E-state index is 5.78. The molecule has 1 aromatic carbocycles. The van der Waals surface area contributed by atoms with Gasteiger partial charge in [-0.05, 0) is 64.5 Å². The Balaban J connectivity index is 2.88. The second-order valence-electron chi connectivity index (χ2n) is 5.71. The highest BCUT2D eigenvalue weighted by atomic mass is 16.5. The van der Waals surface area contributed by atoms with Crippen LogP contribution in [0.5, 0.6) is 5.75 Å². The van der Waals surface area contributed by atoms with Crippen molar-refractivity contribution in [2.75, 3.05) is 26.7 Å². The van der Waals surface area contributed by atoms with E-state index in [1.54, 1.807) is 0 Å². The van der Waals surface area contributed by atoms with E-state index < -0.39 is 0 Å². The van der Waals surface area contributed by atoms with Gasteiger partial charge < -0.3 is 15.0 Å². The monoisotopic (exact) mass is 292 g/mol. The minimum absolute atomic E-state index is 0.385. The average molecular weight is 292 g/mol. The molecule has 0 amide bonds. The summed E-state index contributed by atoms with van der Waals surface area (Å²) < 4.78 is 5.78. The summed E-state index contributed by atoms with van der Waals surface area (Å²) in [6, 6.07) is 6.99. The molecule has 1 atom stereocenters. The Bertz CT molecular complexity index is 406. The van der Waals surface area contributed by atoms with Crippen molar-refractivity contribution in [1.82, 2.24) is 10.2 Å². The van der Waals surface area contributed by atoms with Crippen molar-refractivity contribution >= 4 is 0 Å². The molecular formula is C18H32N2O. The van der Waals surface area contributed by atoms with Gasteiger partial charge in [-0.25, -0.2) is 0 Å². The summed E-state index contributed by atoms with van der Waals surface area (Å²) in [4.78, 5) is 2.35. The summed E-state index contributed by atoms with van der Waals surface area (Å²) in [5, 5.41) is 3.55. The summed E-state index contributed by atoms with van der Waals surface area (Å²) in [5.41, 5.74) is 2.63. The van der Waals surface area contributed by atoms with Gasteiger partial charge in [-0.1, -0.05) is 19.9 Å². The highest BCUT2D eigenvalue weighted by Crippen LogP contribution is 2.25. The summed E-state index contributed by atoms with van der Waals surface area (Å²) in [7, 11) is 2.17. The normalized spacial score (nSPS) is 12.7. The molecule has 0 bridgehead atoms. The van der Waals surface area contributed by atoms with Crippen molar-refractivity contribution in [3.63, 3.8) is 0 Å². The molecule has 21 heavy (non-hydrogen) atoms. The number of hydrogen-bond acceptors (Lipinski definition) is 3. The fourth-order valence-corrected chi connectivity index (χ4v) is 2.52. The first-order chi connectivity index (χ1) is 10.1. The van der Waals surface area contributed by atoms with Crippen LogP contribution in [-0.2, 0) is 6.54 Å². The van der Waals surface area contributed by atoms with Crippen LogP contribution in [0.15, 0.2) is 18.2 Å². The molecule has 0 aliphatic rings. The first kappa shape index (κ1) is 18.0. The smallest absolute Gasteiger partial charge is 0.123 e. The molecule has 0 spiro atoms. The Morgan fingerprint density at radius 1 is 1.19 bits per heavy atom. The fraction of sp³-hybridized carbons (Fsp3) is 0.667. The van der Waals surface area contributed by atoms with E-state index in [1.807, 2.05) is 6.92 Å². The van der Waals surface area contributed by atoms with E-state index in [-0.39, 0.29) is 0 Å². The van der Waals surface area contributed by atoms with Gasteiger partial charge in [-0.2, -0.15) is 0 Å². The lowest BCUT2D eigenvalue weighted by Gasteiger charge is -2.21. The van der Waals surface area contributed by atoms with Gasteiger partial charge in [0.25, 0.3) is 0 Å². The molecular weight excluding hydrogens is 260 g/mol. The van der Waals surface area contributed by atoms with E-state index in [9.17, 15) is 0 Å². The third kappa shape index (κ3) is 6.06. The molecule has 0 radical (unpaired) electrons. The Morgan fingerprint density at radius 3 is 2.57 bits per heavy atom. The van der Waals surface area contributed by atoms with Crippen molar-refractivity contribution in [1.29, 1.82) is 0 Å². The lowest BCUT2D eigenvalue weighted by atomic mass is 10.0. The van der Waals surface area contributed by atoms with E-state index in [4.69, 9.17) is 4.74 Å². The van der Waals surface area contributed by atoms with Crippen LogP contribution in [0.2, 0.25) is 0 Å². The third-order valence-electron chi connectivity index (χ3n) is 3.63. The first-order valence-corrected chi connectivity index (χ1v) is 8.29. The second kappa shape index (κ2) is 9.80. The van der Waals surface area contributed by atoms with Crippen LogP contribution in [0.3, 0.4) is 0 Å². The Morgan fingerprint density at radius 2 is 1.95 bits per heavy atom. The predicted octanol–water partition coefficient (Wildman–Crippen LogP) is 3.99. The number of nitrogens with zero attached hydrogens (tertiary/aromatic N) is 1. The largest absolute Gasteiger partial charge is 0.494 e. The van der Waals surface area contributed by atoms with E-state index >= 15 is 0 Å². The number of benzene rings is 1. The van der Waals surface area contributed by atoms with E-state index in [2.05, 4.69) is 56.2 Å². The van der Waals surface area contributed by atoms with Crippen LogP contribution in [0.25, 0.3) is 0 Å². The van der Waals surface area contributed by atoms with Crippen molar-refractivity contribution in [2.24, 2.45) is 0 Å². The zero-order valence-electron chi connectivity index (χ0n) is 14.4. The van der Waals surface area contributed by atoms with Gasteiger partial charge in [0.05, 0.1) is 6.61 Å². The Hall–Kier alpha value is -1.06. The highest BCUT2D eigenvalue weighted by molar-refractivity contribution is 5.38. The molecule has 0 fully saturated rings. The molecule has 3 nitrogen and oxygen atoms in total. The van der Waals surface area contributed by atoms with Gasteiger partial charge in [-0.15, -0.1) is 0 Å². The minimum Gasteiger partial charge on any atom is -0.494 e. The SMILES string of the molecule is CCCNC(C)c1ccc(OCC)c(CN(C)CCC)c1. The maximum atomic E-state index is 5.78. The van der Waals surface area contributed by atoms with Gasteiger partial charge in [0.1, 0.15) is 5.75 Å². The maximum Gasteiger partial charge on any atom is 0.123 e. The molecule has 1 unspecified atom stereocenters. The lowest BCUT2D eigenvalue weighted by Crippen LogP contribution is -2.21. The zero-order valence-corrected chi connectivity index (χ0v) is 14.4. The number of rotatable bonds is 10. The molecule has 0 aliphatic carbocycles. The van der Waals surface area contributed by atoms with Gasteiger partial charge >= 0.3 is 0 Å². The minimum atomic E-state index is 0.385. The zero-order chi connectivity index (χ0) is 15.7. The third-order valence-corrected chi connectivity index (χ3v) is 3.63. The predicted molar refractivity (Wildman–Crippen MR) is 90.9 cm³/mol. The van der Waals surface area contributed by atoms with Crippen molar-refractivity contribution in [3.05, 3.63) is 29.3 Å². The topological polar surface area (TPSA) is 24.5 Å². The molecule has 0 aromatic heterocycles. The van der Waals surface area contributed by atoms with Crippen LogP contribution in [0.4, 0.5) is 0 Å². The first-order valence-electron chi connectivity index (χ1n) is 8.29. The molecule has 0 saturated heterocycles. The molecule has 3 heteroatoms. The van der Waals surface area contributed by atoms with Crippen LogP contribution < -0.4 is 10.1 Å². The standard InChI is InChI=1S/C18H32N2O/c1-6-11-19-15(4)16-9-10-18(21-8-3)17(13-16)14-20(5)12-7-2/h9-10,13,15,19H,6-8,11-12,14H2,1-5H3. The lowest BCUT2D eigenvalue weighted by molar-refractivity contribution is 0.303. The molecule has 1 aromatic rings. The average Bonchev–Trinajstić information content (AvgIpc) is 2.47. The number of nitrogens with one attached hydrogen (secondary N) is 1. The molecule has 1 rings (SSSR count). The van der Waals surface area contributed by atoms with Crippen molar-refractivity contribution in [2.45, 2.75) is 53.1 Å². The van der Waals surface area contributed by atoms with Crippen molar-refractivity contribution in [3.8, 4) is 5.75 Å². The summed E-state index contributed by atoms with van der Waals surface area (Å²) in [6.07, 6.45) is 2.34. The number of ether oxygens (including phenoxy) is 1. The quantitative estimate of drug-likeness (QED) is 0.706. The van der Waals surface area contributed by atoms with Gasteiger partial charge in [0, 0.05) is 18.2 Å². The van der Waals surface area contributed by atoms with E-state index in [0.717, 1.165) is 31.8 Å². The summed E-state index contributed by atoms with van der Waals surface area (Å²) >= 11 is 0. The highest BCUT2D eigenvalue weighted by Gasteiger charge is 2.11. The van der Waals surface area contributed by atoms with Crippen LogP contribution in [-0.4, -0.2) is 31.6 Å². The van der Waals surface area contributed by atoms with Gasteiger partial charge in [-0.3, -0.25) is 0 Å². The molecule has 0 saturated carbocycles. The Labute approximate surface area is 130 Å². The van der Waals surface area contributed by atoms with Gasteiger partial charge in [0.2, 0.25) is 0 Å². The molecule has 1 N–H and O–H groups in total. The van der Waals surface area contributed by atoms with E-state index in [1.165, 1.54) is 17.5 Å². The van der Waals surface area contributed by atoms with Crippen LogP contribution >= 0.6 is 0 Å². The molecule has 0 heterocycles. The Kier molecular flexibility index (Phi) is 8.40. The fourth-order valence-electron chi connectivity index (χ4n) is 2.52. The molecule has 0 aliphatic heterocycles. The number of hydrogen-bond donors (Lipinski definition) is 1. The van der Waals surface area contributed by atoms with Crippen molar-refractivity contribution < 1.29 is 4.74 Å². The van der Waals surface area contributed by atoms with Gasteiger partial charge in [0.15, 0.2) is 0 Å². The summed E-state index contributed by atoms with van der Waals surface area (Å²) in [6.45, 7) is 12.5. The van der Waals surface area contributed by atoms with E-state index in [0.29, 0.717) is 12.6 Å². The van der Waals surface area contributed by atoms with Crippen LogP contribution in [0, 0.1) is 0 Å². The summed E-state index contributed by atoms with van der Waals surface area (Å²) in [5.74, 6) is 1.02. The van der Waals surface area contributed by atoms with Crippen LogP contribution in [0.1, 0.15) is 57.7 Å². The second-order valence-corrected chi connectivity index (χ2v) is 5.71.